The third-order valence-electron chi connectivity index (χ3n) is 6.67. The van der Waals surface area contributed by atoms with Gasteiger partial charge in [-0.05, 0) is 56.2 Å². The van der Waals surface area contributed by atoms with Crippen molar-refractivity contribution in [2.75, 3.05) is 11.9 Å². The molecule has 3 aromatic carbocycles. The van der Waals surface area contributed by atoms with Gasteiger partial charge in [-0.3, -0.25) is 19.1 Å². The second-order valence-corrected chi connectivity index (χ2v) is 9.16. The summed E-state index contributed by atoms with van der Waals surface area (Å²) in [6.07, 6.45) is 0. The maximum atomic E-state index is 13.5. The van der Waals surface area contributed by atoms with Crippen molar-refractivity contribution in [3.8, 4) is 22.8 Å². The minimum atomic E-state index is -0.574. The van der Waals surface area contributed by atoms with Crippen LogP contribution in [-0.4, -0.2) is 21.9 Å². The Morgan fingerprint density at radius 2 is 1.55 bits per heavy atom. The quantitative estimate of drug-likeness (QED) is 0.352. The van der Waals surface area contributed by atoms with Gasteiger partial charge in [0.1, 0.15) is 11.3 Å². The molecule has 0 atom stereocenters. The Hall–Kier alpha value is -4.85. The van der Waals surface area contributed by atoms with Crippen LogP contribution >= 0.6 is 0 Å². The van der Waals surface area contributed by atoms with Gasteiger partial charge in [-0.15, -0.1) is 0 Å². The molecular weight excluding hydrogens is 482 g/mol. The van der Waals surface area contributed by atoms with Gasteiger partial charge >= 0.3 is 0 Å². The van der Waals surface area contributed by atoms with Crippen molar-refractivity contribution in [3.05, 3.63) is 110 Å². The first-order valence-corrected chi connectivity index (χ1v) is 12.2. The van der Waals surface area contributed by atoms with Gasteiger partial charge in [0.2, 0.25) is 11.2 Å². The number of hydrogen-bond acceptors (Lipinski definition) is 5. The predicted molar refractivity (Wildman–Crippen MR) is 147 cm³/mol. The molecule has 0 fully saturated rings. The molecule has 0 saturated carbocycles. The summed E-state index contributed by atoms with van der Waals surface area (Å²) in [4.78, 5) is 39.6. The van der Waals surface area contributed by atoms with E-state index in [4.69, 9.17) is 9.15 Å². The molecule has 0 radical (unpaired) electrons. The zero-order chi connectivity index (χ0) is 27.0. The van der Waals surface area contributed by atoms with E-state index in [0.29, 0.717) is 27.9 Å². The van der Waals surface area contributed by atoms with Crippen LogP contribution in [-0.2, 0) is 11.8 Å². The molecule has 5 rings (SSSR count). The molecule has 0 bridgehead atoms. The summed E-state index contributed by atoms with van der Waals surface area (Å²) in [6, 6.07) is 21.8. The molecule has 0 aliphatic carbocycles. The lowest BCUT2D eigenvalue weighted by atomic mass is 10.0. The van der Waals surface area contributed by atoms with Crippen LogP contribution in [0.25, 0.3) is 28.0 Å². The van der Waals surface area contributed by atoms with Crippen molar-refractivity contribution in [1.82, 2.24) is 9.36 Å². The molecule has 0 spiro atoms. The first kappa shape index (κ1) is 24.8. The van der Waals surface area contributed by atoms with Crippen molar-refractivity contribution in [3.63, 3.8) is 0 Å². The third-order valence-corrected chi connectivity index (χ3v) is 6.67. The normalized spacial score (nSPS) is 11.1. The molecule has 2 aromatic heterocycles. The molecule has 5 aromatic rings. The zero-order valence-corrected chi connectivity index (χ0v) is 21.6. The molecule has 0 aliphatic rings. The number of rotatable bonds is 6. The van der Waals surface area contributed by atoms with E-state index in [9.17, 15) is 14.4 Å². The molecule has 0 aliphatic heterocycles. The van der Waals surface area contributed by atoms with Crippen molar-refractivity contribution >= 4 is 22.6 Å². The fraction of sp³-hybridized carbons (Fsp3) is 0.167. The van der Waals surface area contributed by atoms with Gasteiger partial charge in [0.15, 0.2) is 12.4 Å². The highest BCUT2D eigenvalue weighted by Gasteiger charge is 2.22. The van der Waals surface area contributed by atoms with E-state index in [2.05, 4.69) is 5.32 Å². The number of aryl methyl sites for hydroxylation is 2. The SMILES string of the molecule is Cc1cc2oc(-c3ccccc3)c(OCC(=O)Nc3c(C)n(C)n(-c4ccccc4)c3=O)c(=O)c2cc1C. The molecule has 0 unspecified atom stereocenters. The van der Waals surface area contributed by atoms with Crippen LogP contribution in [0.4, 0.5) is 5.69 Å². The van der Waals surface area contributed by atoms with E-state index in [0.717, 1.165) is 11.1 Å². The van der Waals surface area contributed by atoms with Crippen molar-refractivity contribution in [2.24, 2.45) is 7.05 Å². The number of hydrogen-bond donors (Lipinski definition) is 1. The van der Waals surface area contributed by atoms with E-state index >= 15 is 0 Å². The molecule has 0 saturated heterocycles. The Morgan fingerprint density at radius 1 is 0.921 bits per heavy atom. The van der Waals surface area contributed by atoms with Crippen LogP contribution in [0.3, 0.4) is 0 Å². The van der Waals surface area contributed by atoms with Crippen LogP contribution in [0.2, 0.25) is 0 Å². The van der Waals surface area contributed by atoms with Gasteiger partial charge in [0, 0.05) is 12.6 Å². The first-order chi connectivity index (χ1) is 18.3. The summed E-state index contributed by atoms with van der Waals surface area (Å²) >= 11 is 0. The Labute approximate surface area is 218 Å². The number of anilines is 1. The largest absolute Gasteiger partial charge is 0.476 e. The van der Waals surface area contributed by atoms with E-state index in [1.54, 1.807) is 36.9 Å². The molecule has 2 heterocycles. The number of carbonyl (C=O) groups excluding carboxylic acids is 1. The lowest BCUT2D eigenvalue weighted by Crippen LogP contribution is -2.26. The molecule has 192 valence electrons. The number of fused-ring (bicyclic) bond motifs is 1. The van der Waals surface area contributed by atoms with Crippen molar-refractivity contribution in [2.45, 2.75) is 20.8 Å². The summed E-state index contributed by atoms with van der Waals surface area (Å²) in [7, 11) is 1.74. The maximum absolute atomic E-state index is 13.5. The minimum absolute atomic E-state index is 0.0615. The van der Waals surface area contributed by atoms with Crippen LogP contribution in [0.1, 0.15) is 16.8 Å². The Morgan fingerprint density at radius 3 is 2.24 bits per heavy atom. The number of ether oxygens (including phenoxy) is 1. The number of aromatic nitrogens is 2. The van der Waals surface area contributed by atoms with E-state index in [1.165, 1.54) is 4.68 Å². The second kappa shape index (κ2) is 9.89. The molecular formula is C30H27N3O5. The van der Waals surface area contributed by atoms with Crippen molar-refractivity contribution in [1.29, 1.82) is 0 Å². The van der Waals surface area contributed by atoms with Gasteiger partial charge in [0.05, 0.1) is 16.8 Å². The highest BCUT2D eigenvalue weighted by molar-refractivity contribution is 5.92. The Balaban J connectivity index is 1.48. The second-order valence-electron chi connectivity index (χ2n) is 9.16. The van der Waals surface area contributed by atoms with Crippen molar-refractivity contribution < 1.29 is 13.9 Å². The topological polar surface area (TPSA) is 95.5 Å². The molecule has 8 heteroatoms. The van der Waals surface area contributed by atoms with Crippen LogP contribution in [0.5, 0.6) is 5.75 Å². The lowest BCUT2D eigenvalue weighted by molar-refractivity contribution is -0.118. The highest BCUT2D eigenvalue weighted by Crippen LogP contribution is 2.31. The summed E-state index contributed by atoms with van der Waals surface area (Å²) in [5.74, 6) is -0.398. The molecule has 1 N–H and O–H groups in total. The van der Waals surface area contributed by atoms with Gasteiger partial charge in [-0.1, -0.05) is 48.5 Å². The lowest BCUT2D eigenvalue weighted by Gasteiger charge is -2.12. The number of amides is 1. The standard InChI is InChI=1S/C30H27N3O5/c1-18-15-23-24(16-19(18)2)38-28(21-11-7-5-8-12-21)29(27(23)35)37-17-25(34)31-26-20(3)32(4)33(30(26)36)22-13-9-6-10-14-22/h5-16H,17H2,1-4H3,(H,31,34). The fourth-order valence-corrected chi connectivity index (χ4v) is 4.37. The maximum Gasteiger partial charge on any atom is 0.295 e. The van der Waals surface area contributed by atoms with Crippen LogP contribution < -0.4 is 21.0 Å². The zero-order valence-electron chi connectivity index (χ0n) is 21.6. The third kappa shape index (κ3) is 4.41. The van der Waals surface area contributed by atoms with Crippen LogP contribution in [0.15, 0.2) is 86.8 Å². The summed E-state index contributed by atoms with van der Waals surface area (Å²) in [5.41, 5.74) is 3.67. The highest BCUT2D eigenvalue weighted by atomic mass is 16.5. The van der Waals surface area contributed by atoms with E-state index in [-0.39, 0.29) is 28.2 Å². The number of nitrogens with zero attached hydrogens (tertiary/aromatic N) is 2. The smallest absolute Gasteiger partial charge is 0.295 e. The summed E-state index contributed by atoms with van der Waals surface area (Å²) in [6.45, 7) is 5.12. The monoisotopic (exact) mass is 509 g/mol. The number of benzene rings is 3. The fourth-order valence-electron chi connectivity index (χ4n) is 4.37. The van der Waals surface area contributed by atoms with E-state index < -0.39 is 12.5 Å². The summed E-state index contributed by atoms with van der Waals surface area (Å²) < 4.78 is 15.1. The number of carbonyl (C=O) groups is 1. The van der Waals surface area contributed by atoms with Gasteiger partial charge in [-0.2, -0.15) is 0 Å². The Kier molecular flexibility index (Phi) is 6.46. The first-order valence-electron chi connectivity index (χ1n) is 12.2. The minimum Gasteiger partial charge on any atom is -0.476 e. The Bertz CT molecular complexity index is 1780. The predicted octanol–water partition coefficient (Wildman–Crippen LogP) is 4.89. The average Bonchev–Trinajstić information content (AvgIpc) is 3.13. The molecule has 1 amide bonds. The van der Waals surface area contributed by atoms with E-state index in [1.807, 2.05) is 68.4 Å². The van der Waals surface area contributed by atoms with Gasteiger partial charge < -0.3 is 14.5 Å². The number of nitrogens with one attached hydrogen (secondary N) is 1. The van der Waals surface area contributed by atoms with Crippen LogP contribution in [0, 0.1) is 20.8 Å². The average molecular weight is 510 g/mol. The van der Waals surface area contributed by atoms with Gasteiger partial charge in [0.25, 0.3) is 11.5 Å². The summed E-state index contributed by atoms with van der Waals surface area (Å²) in [5, 5.41) is 3.03. The molecule has 8 nitrogen and oxygen atoms in total. The number of para-hydroxylation sites is 1. The van der Waals surface area contributed by atoms with Gasteiger partial charge in [-0.25, -0.2) is 4.68 Å². The molecule has 38 heavy (non-hydrogen) atoms.